The molecule has 0 saturated carbocycles. The minimum absolute atomic E-state index is 0.210. The number of anilines is 1. The first kappa shape index (κ1) is 18.5. The Hall–Kier alpha value is -2.82. The van der Waals surface area contributed by atoms with Crippen LogP contribution in [0.5, 0.6) is 0 Å². The van der Waals surface area contributed by atoms with Gasteiger partial charge in [-0.1, -0.05) is 0 Å². The van der Waals surface area contributed by atoms with Crippen LogP contribution in [0.3, 0.4) is 0 Å². The molecule has 1 saturated heterocycles. The first-order valence-corrected chi connectivity index (χ1v) is 10.0. The lowest BCUT2D eigenvalue weighted by molar-refractivity contribution is 0.335. The fourth-order valence-corrected chi connectivity index (χ4v) is 3.73. The van der Waals surface area contributed by atoms with Gasteiger partial charge in [0.2, 0.25) is 0 Å². The minimum atomic E-state index is -4.14. The third-order valence-corrected chi connectivity index (χ3v) is 5.66. The molecule has 28 heavy (non-hydrogen) atoms. The Bertz CT molecular complexity index is 1060. The molecule has 3 heterocycles. The lowest BCUT2D eigenvalue weighted by atomic mass is 10.2. The number of hydrogen-bond acceptors (Lipinski definition) is 5. The number of nitrogens with zero attached hydrogens (tertiary/aromatic N) is 4. The number of benzene rings is 1. The van der Waals surface area contributed by atoms with Crippen LogP contribution in [0.25, 0.3) is 22.6 Å². The number of imidazole rings is 1. The first-order chi connectivity index (χ1) is 13.4. The fraction of sp³-hybridized carbons (Fsp3) is 0.222. The molecule has 0 spiro atoms. The number of rotatable bonds is 4. The largest absolute Gasteiger partial charge is 0.354 e. The van der Waals surface area contributed by atoms with Crippen molar-refractivity contribution < 1.29 is 17.4 Å². The summed E-state index contributed by atoms with van der Waals surface area (Å²) in [4.78, 5) is 14.0. The van der Waals surface area contributed by atoms with E-state index in [1.165, 1.54) is 12.1 Å². The molecule has 3 aromatic rings. The molecule has 0 unspecified atom stereocenters. The number of halogens is 1. The first-order valence-electron chi connectivity index (χ1n) is 8.65. The summed E-state index contributed by atoms with van der Waals surface area (Å²) in [6.07, 6.45) is 3.38. The van der Waals surface area contributed by atoms with Crippen LogP contribution in [-0.4, -0.2) is 58.4 Å². The van der Waals surface area contributed by atoms with Crippen molar-refractivity contribution in [2.45, 2.75) is 0 Å². The van der Waals surface area contributed by atoms with Gasteiger partial charge in [0.25, 0.3) is 0 Å². The van der Waals surface area contributed by atoms with E-state index in [1.807, 2.05) is 17.0 Å². The van der Waals surface area contributed by atoms with Crippen molar-refractivity contribution in [2.24, 2.45) is 0 Å². The number of aromatic amines is 1. The van der Waals surface area contributed by atoms with Gasteiger partial charge in [-0.05, 0) is 42.0 Å². The van der Waals surface area contributed by atoms with Crippen LogP contribution in [0.2, 0.25) is 0 Å². The monoisotopic (exact) mass is 403 g/mol. The highest BCUT2D eigenvalue weighted by Crippen LogP contribution is 2.23. The molecule has 2 aromatic heterocycles. The molecule has 0 bridgehead atoms. The van der Waals surface area contributed by atoms with E-state index >= 15 is 0 Å². The van der Waals surface area contributed by atoms with E-state index < -0.39 is 10.3 Å². The lowest BCUT2D eigenvalue weighted by Crippen LogP contribution is -2.48. The van der Waals surface area contributed by atoms with Crippen molar-refractivity contribution in [3.8, 4) is 22.6 Å². The van der Waals surface area contributed by atoms with Crippen molar-refractivity contribution in [3.05, 3.63) is 54.6 Å². The predicted molar refractivity (Wildman–Crippen MR) is 103 cm³/mol. The molecule has 0 atom stereocenters. The van der Waals surface area contributed by atoms with Gasteiger partial charge in [0, 0.05) is 37.9 Å². The smallest absolute Gasteiger partial charge is 0.336 e. The van der Waals surface area contributed by atoms with Crippen LogP contribution in [0.15, 0.2) is 48.8 Å². The highest BCUT2D eigenvalue weighted by molar-refractivity contribution is 7.83. The van der Waals surface area contributed by atoms with E-state index in [9.17, 15) is 12.8 Å². The summed E-state index contributed by atoms with van der Waals surface area (Å²) in [6.45, 7) is 1.31. The van der Waals surface area contributed by atoms with E-state index in [0.29, 0.717) is 18.9 Å². The summed E-state index contributed by atoms with van der Waals surface area (Å²) < 4.78 is 45.5. The standard InChI is InChI=1S/C18H18FN5O3S/c19-15-4-1-13(2-5-15)16-12-21-18(22-16)14-3-6-17(20-11-14)23-7-9-24(10-8-23)28(25,26)27/h1-6,11-12H,7-10H2,(H,21,22)(H,25,26,27). The average Bonchev–Trinajstić information content (AvgIpc) is 3.18. The SMILES string of the molecule is O=S(=O)(O)N1CCN(c2ccc(-c3ncc(-c4ccc(F)cc4)[nH]3)cn2)CC1. The summed E-state index contributed by atoms with van der Waals surface area (Å²) in [5.41, 5.74) is 2.41. The normalized spacial score (nSPS) is 15.7. The van der Waals surface area contributed by atoms with Gasteiger partial charge in [-0.2, -0.15) is 12.7 Å². The molecule has 0 radical (unpaired) electrons. The van der Waals surface area contributed by atoms with Gasteiger partial charge in [0.1, 0.15) is 17.5 Å². The number of nitrogens with one attached hydrogen (secondary N) is 1. The third kappa shape index (κ3) is 3.88. The van der Waals surface area contributed by atoms with Crippen molar-refractivity contribution in [1.82, 2.24) is 19.3 Å². The zero-order valence-corrected chi connectivity index (χ0v) is 15.6. The van der Waals surface area contributed by atoms with E-state index in [-0.39, 0.29) is 18.9 Å². The van der Waals surface area contributed by atoms with Gasteiger partial charge in [0.15, 0.2) is 0 Å². The van der Waals surface area contributed by atoms with Gasteiger partial charge in [0.05, 0.1) is 11.9 Å². The zero-order chi connectivity index (χ0) is 19.7. The highest BCUT2D eigenvalue weighted by atomic mass is 32.2. The molecule has 10 heteroatoms. The van der Waals surface area contributed by atoms with Gasteiger partial charge in [-0.3, -0.25) is 4.55 Å². The maximum atomic E-state index is 13.1. The summed E-state index contributed by atoms with van der Waals surface area (Å²) in [6, 6.07) is 9.88. The summed E-state index contributed by atoms with van der Waals surface area (Å²) in [5, 5.41) is 0. The molecule has 1 aromatic carbocycles. The second-order valence-electron chi connectivity index (χ2n) is 6.42. The Morgan fingerprint density at radius 1 is 0.929 bits per heavy atom. The minimum Gasteiger partial charge on any atom is -0.354 e. The predicted octanol–water partition coefficient (Wildman–Crippen LogP) is 2.20. The molecular weight excluding hydrogens is 385 g/mol. The molecule has 0 amide bonds. The molecule has 1 aliphatic rings. The zero-order valence-electron chi connectivity index (χ0n) is 14.8. The van der Waals surface area contributed by atoms with Crippen molar-refractivity contribution in [2.75, 3.05) is 31.1 Å². The van der Waals surface area contributed by atoms with Crippen LogP contribution in [0, 0.1) is 5.82 Å². The Morgan fingerprint density at radius 2 is 1.61 bits per heavy atom. The van der Waals surface area contributed by atoms with Gasteiger partial charge >= 0.3 is 10.3 Å². The number of piperazine rings is 1. The molecule has 146 valence electrons. The van der Waals surface area contributed by atoms with E-state index in [2.05, 4.69) is 15.0 Å². The molecule has 8 nitrogen and oxygen atoms in total. The summed E-state index contributed by atoms with van der Waals surface area (Å²) in [5.74, 6) is 1.08. The second-order valence-corrected chi connectivity index (χ2v) is 7.83. The third-order valence-electron chi connectivity index (χ3n) is 4.64. The number of aromatic nitrogens is 3. The van der Waals surface area contributed by atoms with Crippen LogP contribution >= 0.6 is 0 Å². The van der Waals surface area contributed by atoms with Gasteiger partial charge in [-0.15, -0.1) is 0 Å². The Morgan fingerprint density at radius 3 is 2.21 bits per heavy atom. The van der Waals surface area contributed by atoms with Gasteiger partial charge < -0.3 is 9.88 Å². The number of H-pyrrole nitrogens is 1. The number of hydrogen-bond donors (Lipinski definition) is 2. The molecule has 0 aliphatic carbocycles. The molecule has 1 fully saturated rings. The fourth-order valence-electron chi connectivity index (χ4n) is 3.11. The van der Waals surface area contributed by atoms with Crippen molar-refractivity contribution in [3.63, 3.8) is 0 Å². The maximum Gasteiger partial charge on any atom is 0.336 e. The molecule has 1 aliphatic heterocycles. The topological polar surface area (TPSA) is 102 Å². The van der Waals surface area contributed by atoms with Crippen LogP contribution < -0.4 is 4.90 Å². The van der Waals surface area contributed by atoms with Gasteiger partial charge in [-0.25, -0.2) is 14.4 Å². The molecule has 4 rings (SSSR count). The van der Waals surface area contributed by atoms with E-state index in [0.717, 1.165) is 26.9 Å². The molecule has 2 N–H and O–H groups in total. The Balaban J connectivity index is 1.46. The van der Waals surface area contributed by atoms with E-state index in [4.69, 9.17) is 4.55 Å². The van der Waals surface area contributed by atoms with Crippen molar-refractivity contribution in [1.29, 1.82) is 0 Å². The second kappa shape index (κ2) is 7.30. The Kier molecular flexibility index (Phi) is 4.84. The highest BCUT2D eigenvalue weighted by Gasteiger charge is 2.25. The Labute approximate surface area is 161 Å². The maximum absolute atomic E-state index is 13.1. The molecular formula is C18H18FN5O3S. The average molecular weight is 403 g/mol. The number of pyridine rings is 1. The van der Waals surface area contributed by atoms with Crippen LogP contribution in [-0.2, 0) is 10.3 Å². The quantitative estimate of drug-likeness (QED) is 0.648. The van der Waals surface area contributed by atoms with E-state index in [1.54, 1.807) is 24.5 Å². The lowest BCUT2D eigenvalue weighted by Gasteiger charge is -2.33. The van der Waals surface area contributed by atoms with Crippen LogP contribution in [0.1, 0.15) is 0 Å². The summed E-state index contributed by atoms with van der Waals surface area (Å²) in [7, 11) is -4.14. The van der Waals surface area contributed by atoms with Crippen LogP contribution in [0.4, 0.5) is 10.2 Å². The summed E-state index contributed by atoms with van der Waals surface area (Å²) >= 11 is 0. The van der Waals surface area contributed by atoms with Crippen molar-refractivity contribution >= 4 is 16.1 Å².